The van der Waals surface area contributed by atoms with Crippen LogP contribution in [0, 0.1) is 5.92 Å². The Labute approximate surface area is 104 Å². The predicted octanol–water partition coefficient (Wildman–Crippen LogP) is -0.347. The average molecular weight is 281 g/mol. The van der Waals surface area contributed by atoms with Gasteiger partial charge in [0.2, 0.25) is 5.91 Å². The third kappa shape index (κ3) is 3.35. The fourth-order valence-corrected chi connectivity index (χ4v) is 4.37. The lowest BCUT2D eigenvalue weighted by atomic mass is 10.1. The van der Waals surface area contributed by atoms with Crippen molar-refractivity contribution in [2.24, 2.45) is 5.92 Å². The number of hydrogen-bond acceptors (Lipinski definition) is 5. The van der Waals surface area contributed by atoms with Gasteiger partial charge in [0, 0.05) is 24.3 Å². The van der Waals surface area contributed by atoms with Crippen LogP contribution >= 0.6 is 11.8 Å². The molecule has 0 aromatic rings. The SMILES string of the molecule is CC(C(=O)O)C(=O)N1CCSCC1S(C)(=O)=O. The van der Waals surface area contributed by atoms with Crippen LogP contribution in [0.3, 0.4) is 0 Å². The fraction of sp³-hybridized carbons (Fsp3) is 0.778. The van der Waals surface area contributed by atoms with Crippen LogP contribution in [0.5, 0.6) is 0 Å². The predicted molar refractivity (Wildman–Crippen MR) is 64.5 cm³/mol. The summed E-state index contributed by atoms with van der Waals surface area (Å²) in [5.74, 6) is -2.14. The van der Waals surface area contributed by atoms with Crippen LogP contribution < -0.4 is 0 Å². The lowest BCUT2D eigenvalue weighted by Gasteiger charge is -2.34. The molecule has 1 saturated heterocycles. The summed E-state index contributed by atoms with van der Waals surface area (Å²) in [4.78, 5) is 23.8. The molecule has 1 aliphatic rings. The lowest BCUT2D eigenvalue weighted by Crippen LogP contribution is -2.52. The van der Waals surface area contributed by atoms with Crippen molar-refractivity contribution < 1.29 is 23.1 Å². The Hall–Kier alpha value is -0.760. The molecule has 1 aliphatic heterocycles. The number of carboxylic acids is 1. The van der Waals surface area contributed by atoms with E-state index >= 15 is 0 Å². The Kier molecular flexibility index (Phi) is 4.42. The van der Waals surface area contributed by atoms with Gasteiger partial charge < -0.3 is 10.0 Å². The standard InChI is InChI=1S/C9H15NO5S2/c1-6(9(12)13)8(11)10-3-4-16-5-7(10)17(2,14)15/h6-7H,3-5H2,1-2H3,(H,12,13). The Bertz CT molecular complexity index is 419. The molecule has 1 rings (SSSR count). The van der Waals surface area contributed by atoms with Gasteiger partial charge in [-0.3, -0.25) is 9.59 Å². The summed E-state index contributed by atoms with van der Waals surface area (Å²) in [6, 6.07) is 0. The number of carboxylic acid groups (broad SMARTS) is 1. The first kappa shape index (κ1) is 14.3. The van der Waals surface area contributed by atoms with Crippen LogP contribution in [0.15, 0.2) is 0 Å². The van der Waals surface area contributed by atoms with Gasteiger partial charge >= 0.3 is 5.97 Å². The van der Waals surface area contributed by atoms with Crippen LogP contribution in [-0.4, -0.2) is 60.0 Å². The molecule has 98 valence electrons. The summed E-state index contributed by atoms with van der Waals surface area (Å²) in [5.41, 5.74) is 0. The molecule has 0 aliphatic carbocycles. The van der Waals surface area contributed by atoms with Gasteiger partial charge in [-0.2, -0.15) is 11.8 Å². The zero-order chi connectivity index (χ0) is 13.2. The zero-order valence-electron chi connectivity index (χ0n) is 9.62. The van der Waals surface area contributed by atoms with Crippen LogP contribution in [0.25, 0.3) is 0 Å². The Morgan fingerprint density at radius 1 is 1.47 bits per heavy atom. The minimum Gasteiger partial charge on any atom is -0.481 e. The van der Waals surface area contributed by atoms with Crippen molar-refractivity contribution in [3.63, 3.8) is 0 Å². The highest BCUT2D eigenvalue weighted by atomic mass is 32.2. The highest BCUT2D eigenvalue weighted by Gasteiger charge is 2.37. The largest absolute Gasteiger partial charge is 0.481 e. The molecule has 0 spiro atoms. The number of hydrogen-bond donors (Lipinski definition) is 1. The molecule has 1 heterocycles. The smallest absolute Gasteiger partial charge is 0.315 e. The van der Waals surface area contributed by atoms with Crippen molar-refractivity contribution >= 4 is 33.5 Å². The number of sulfone groups is 1. The van der Waals surface area contributed by atoms with Crippen molar-refractivity contribution in [3.8, 4) is 0 Å². The molecule has 8 heteroatoms. The summed E-state index contributed by atoms with van der Waals surface area (Å²) in [6.07, 6.45) is 1.06. The number of aliphatic carboxylic acids is 1. The Morgan fingerprint density at radius 2 is 2.06 bits per heavy atom. The monoisotopic (exact) mass is 281 g/mol. The summed E-state index contributed by atoms with van der Waals surface area (Å²) >= 11 is 1.45. The van der Waals surface area contributed by atoms with Gasteiger partial charge in [0.05, 0.1) is 0 Å². The van der Waals surface area contributed by atoms with Gasteiger partial charge in [0.15, 0.2) is 9.84 Å². The molecule has 0 aromatic heterocycles. The Morgan fingerprint density at radius 3 is 2.53 bits per heavy atom. The molecule has 2 unspecified atom stereocenters. The Balaban J connectivity index is 2.93. The minimum atomic E-state index is -3.39. The van der Waals surface area contributed by atoms with Gasteiger partial charge in [-0.05, 0) is 6.92 Å². The quantitative estimate of drug-likeness (QED) is 0.711. The van der Waals surface area contributed by atoms with Crippen molar-refractivity contribution in [1.82, 2.24) is 4.90 Å². The number of amides is 1. The van der Waals surface area contributed by atoms with E-state index in [2.05, 4.69) is 0 Å². The van der Waals surface area contributed by atoms with Gasteiger partial charge in [-0.1, -0.05) is 0 Å². The normalized spacial score (nSPS) is 23.2. The first-order valence-corrected chi connectivity index (χ1v) is 8.16. The average Bonchev–Trinajstić information content (AvgIpc) is 2.25. The van der Waals surface area contributed by atoms with Gasteiger partial charge in [0.1, 0.15) is 11.3 Å². The number of nitrogens with zero attached hydrogens (tertiary/aromatic N) is 1. The summed E-state index contributed by atoms with van der Waals surface area (Å²) in [5, 5.41) is 7.86. The number of rotatable bonds is 3. The summed E-state index contributed by atoms with van der Waals surface area (Å²) in [6.45, 7) is 1.55. The van der Waals surface area contributed by atoms with E-state index in [0.717, 1.165) is 6.26 Å². The van der Waals surface area contributed by atoms with Crippen LogP contribution in [0.1, 0.15) is 6.92 Å². The number of carbonyl (C=O) groups is 2. The first-order valence-electron chi connectivity index (χ1n) is 5.05. The summed E-state index contributed by atoms with van der Waals surface area (Å²) < 4.78 is 23.1. The fourth-order valence-electron chi connectivity index (χ4n) is 1.54. The second-order valence-electron chi connectivity index (χ2n) is 3.95. The highest BCUT2D eigenvalue weighted by molar-refractivity contribution is 8.00. The molecule has 1 N–H and O–H groups in total. The van der Waals surface area contributed by atoms with E-state index in [0.29, 0.717) is 11.5 Å². The minimum absolute atomic E-state index is 0.277. The second-order valence-corrected chi connectivity index (χ2v) is 7.30. The van der Waals surface area contributed by atoms with Crippen molar-refractivity contribution in [3.05, 3.63) is 0 Å². The van der Waals surface area contributed by atoms with Crippen molar-refractivity contribution in [1.29, 1.82) is 0 Å². The molecule has 1 fully saturated rings. The van der Waals surface area contributed by atoms with E-state index in [-0.39, 0.29) is 6.54 Å². The maximum absolute atomic E-state index is 11.9. The van der Waals surface area contributed by atoms with Crippen LogP contribution in [-0.2, 0) is 19.4 Å². The maximum atomic E-state index is 11.9. The molecule has 0 saturated carbocycles. The van der Waals surface area contributed by atoms with E-state index in [9.17, 15) is 18.0 Å². The highest BCUT2D eigenvalue weighted by Crippen LogP contribution is 2.22. The van der Waals surface area contributed by atoms with E-state index in [1.165, 1.54) is 23.6 Å². The molecular weight excluding hydrogens is 266 g/mol. The third-order valence-electron chi connectivity index (χ3n) is 2.60. The van der Waals surface area contributed by atoms with Crippen LogP contribution in [0.2, 0.25) is 0 Å². The molecular formula is C9H15NO5S2. The lowest BCUT2D eigenvalue weighted by molar-refractivity contribution is -0.150. The zero-order valence-corrected chi connectivity index (χ0v) is 11.3. The van der Waals surface area contributed by atoms with E-state index in [4.69, 9.17) is 5.11 Å². The van der Waals surface area contributed by atoms with Gasteiger partial charge in [-0.15, -0.1) is 0 Å². The van der Waals surface area contributed by atoms with Gasteiger partial charge in [0.25, 0.3) is 0 Å². The van der Waals surface area contributed by atoms with E-state index in [1.54, 1.807) is 0 Å². The molecule has 0 aromatic carbocycles. The summed E-state index contributed by atoms with van der Waals surface area (Å²) in [7, 11) is -3.39. The van der Waals surface area contributed by atoms with Crippen molar-refractivity contribution in [2.45, 2.75) is 12.3 Å². The number of thioether (sulfide) groups is 1. The molecule has 6 nitrogen and oxygen atoms in total. The molecule has 17 heavy (non-hydrogen) atoms. The number of carbonyl (C=O) groups excluding carboxylic acids is 1. The molecule has 0 bridgehead atoms. The third-order valence-corrected chi connectivity index (χ3v) is 5.25. The van der Waals surface area contributed by atoms with E-state index < -0.39 is 33.0 Å². The topological polar surface area (TPSA) is 91.8 Å². The van der Waals surface area contributed by atoms with Gasteiger partial charge in [-0.25, -0.2) is 8.42 Å². The molecule has 1 amide bonds. The molecule has 0 radical (unpaired) electrons. The first-order chi connectivity index (χ1) is 7.75. The van der Waals surface area contributed by atoms with E-state index in [1.807, 2.05) is 0 Å². The van der Waals surface area contributed by atoms with Crippen LogP contribution in [0.4, 0.5) is 0 Å². The molecule has 2 atom stereocenters. The maximum Gasteiger partial charge on any atom is 0.315 e. The van der Waals surface area contributed by atoms with Crippen molar-refractivity contribution in [2.75, 3.05) is 24.3 Å². The second kappa shape index (κ2) is 5.26.